The number of nitro benzene ring substituents is 1. The van der Waals surface area contributed by atoms with Crippen molar-refractivity contribution in [1.29, 1.82) is 0 Å². The number of hydrogen-bond donors (Lipinski definition) is 3. The number of hydrazine groups is 1. The maximum Gasteiger partial charge on any atom is 0.269 e. The van der Waals surface area contributed by atoms with Gasteiger partial charge in [-0.25, -0.2) is 0 Å². The molecule has 0 saturated heterocycles. The van der Waals surface area contributed by atoms with Crippen molar-refractivity contribution in [2.45, 2.75) is 6.42 Å². The molecule has 9 nitrogen and oxygen atoms in total. The van der Waals surface area contributed by atoms with E-state index in [9.17, 15) is 24.5 Å². The van der Waals surface area contributed by atoms with Gasteiger partial charge >= 0.3 is 0 Å². The minimum Gasteiger partial charge on any atom is -0.343 e. The number of non-ortho nitro benzene ring substituents is 1. The van der Waals surface area contributed by atoms with E-state index in [1.165, 1.54) is 24.3 Å². The summed E-state index contributed by atoms with van der Waals surface area (Å²) in [5.41, 5.74) is 5.28. The van der Waals surface area contributed by atoms with Crippen LogP contribution in [0.4, 0.5) is 5.69 Å². The van der Waals surface area contributed by atoms with Crippen LogP contribution in [-0.4, -0.2) is 29.2 Å². The average molecular weight is 356 g/mol. The fourth-order valence-corrected chi connectivity index (χ4v) is 2.01. The molecule has 9 heteroatoms. The standard InChI is InChI=1S/C17H16N4O5/c22-15(10-12-4-2-1-3-5-12)19-20-16(23)11-18-17(24)13-6-8-14(9-7-13)21(25)26/h1-9H,10-11H2,(H,18,24)(H,19,22)(H,20,23). The lowest BCUT2D eigenvalue weighted by atomic mass is 10.1. The van der Waals surface area contributed by atoms with E-state index < -0.39 is 22.6 Å². The summed E-state index contributed by atoms with van der Waals surface area (Å²) in [4.78, 5) is 45.2. The molecule has 2 aromatic carbocycles. The van der Waals surface area contributed by atoms with Gasteiger partial charge in [0.25, 0.3) is 17.5 Å². The zero-order chi connectivity index (χ0) is 18.9. The van der Waals surface area contributed by atoms with E-state index in [0.29, 0.717) is 0 Å². The highest BCUT2D eigenvalue weighted by Crippen LogP contribution is 2.11. The number of nitro groups is 1. The number of nitrogens with one attached hydrogen (secondary N) is 3. The van der Waals surface area contributed by atoms with Crippen LogP contribution < -0.4 is 16.2 Å². The maximum atomic E-state index is 11.9. The summed E-state index contributed by atoms with van der Waals surface area (Å²) in [6, 6.07) is 14.0. The molecule has 0 bridgehead atoms. The lowest BCUT2D eigenvalue weighted by Crippen LogP contribution is -2.46. The quantitative estimate of drug-likeness (QED) is 0.518. The number of carbonyl (C=O) groups excluding carboxylic acids is 3. The smallest absolute Gasteiger partial charge is 0.269 e. The first-order chi connectivity index (χ1) is 12.5. The number of benzene rings is 2. The van der Waals surface area contributed by atoms with Crippen LogP contribution in [0.1, 0.15) is 15.9 Å². The number of amides is 3. The van der Waals surface area contributed by atoms with E-state index in [2.05, 4.69) is 16.2 Å². The summed E-state index contributed by atoms with van der Waals surface area (Å²) < 4.78 is 0. The molecule has 0 unspecified atom stereocenters. The first kappa shape index (κ1) is 18.6. The summed E-state index contributed by atoms with van der Waals surface area (Å²) >= 11 is 0. The van der Waals surface area contributed by atoms with Crippen molar-refractivity contribution in [3.63, 3.8) is 0 Å². The summed E-state index contributed by atoms with van der Waals surface area (Å²) in [7, 11) is 0. The number of hydrogen-bond acceptors (Lipinski definition) is 5. The molecule has 0 heterocycles. The molecule has 0 aromatic heterocycles. The lowest BCUT2D eigenvalue weighted by molar-refractivity contribution is -0.384. The normalized spacial score (nSPS) is 9.85. The molecular formula is C17H16N4O5. The second-order valence-corrected chi connectivity index (χ2v) is 5.25. The Labute approximate surface area is 148 Å². The number of nitrogens with zero attached hydrogens (tertiary/aromatic N) is 1. The highest BCUT2D eigenvalue weighted by atomic mass is 16.6. The molecular weight excluding hydrogens is 340 g/mol. The van der Waals surface area contributed by atoms with E-state index in [0.717, 1.165) is 5.56 Å². The average Bonchev–Trinajstić information content (AvgIpc) is 2.65. The summed E-state index contributed by atoms with van der Waals surface area (Å²) in [6.45, 7) is -0.360. The molecule has 0 aliphatic carbocycles. The van der Waals surface area contributed by atoms with E-state index in [4.69, 9.17) is 0 Å². The fourth-order valence-electron chi connectivity index (χ4n) is 2.01. The van der Waals surface area contributed by atoms with Gasteiger partial charge in [-0.3, -0.25) is 35.3 Å². The summed E-state index contributed by atoms with van der Waals surface area (Å²) in [5.74, 6) is -1.57. The first-order valence-electron chi connectivity index (χ1n) is 7.60. The van der Waals surface area contributed by atoms with Gasteiger partial charge in [0.15, 0.2) is 0 Å². The number of carbonyl (C=O) groups is 3. The molecule has 0 saturated carbocycles. The highest BCUT2D eigenvalue weighted by molar-refractivity contribution is 5.96. The number of rotatable bonds is 6. The molecule has 0 fully saturated rings. The van der Waals surface area contributed by atoms with Crippen molar-refractivity contribution in [3.05, 3.63) is 75.8 Å². The van der Waals surface area contributed by atoms with Crippen LogP contribution in [0.25, 0.3) is 0 Å². The Bertz CT molecular complexity index is 806. The fraction of sp³-hybridized carbons (Fsp3) is 0.118. The van der Waals surface area contributed by atoms with E-state index in [1.54, 1.807) is 24.3 Å². The largest absolute Gasteiger partial charge is 0.343 e. The molecule has 0 spiro atoms. The minimum absolute atomic E-state index is 0.107. The van der Waals surface area contributed by atoms with Crippen molar-refractivity contribution in [3.8, 4) is 0 Å². The predicted octanol–water partition coefficient (Wildman–Crippen LogP) is 0.715. The molecule has 0 radical (unpaired) electrons. The van der Waals surface area contributed by atoms with Crippen LogP contribution in [0.15, 0.2) is 54.6 Å². The minimum atomic E-state index is -0.610. The Hall–Kier alpha value is -3.75. The third-order valence-corrected chi connectivity index (χ3v) is 3.30. The Kier molecular flexibility index (Phi) is 6.38. The molecule has 0 aliphatic rings. The third kappa shape index (κ3) is 5.71. The van der Waals surface area contributed by atoms with Gasteiger partial charge in [-0.1, -0.05) is 30.3 Å². The van der Waals surface area contributed by atoms with Crippen molar-refractivity contribution >= 4 is 23.4 Å². The van der Waals surface area contributed by atoms with Crippen LogP contribution >= 0.6 is 0 Å². The van der Waals surface area contributed by atoms with Crippen molar-refractivity contribution in [2.24, 2.45) is 0 Å². The molecule has 134 valence electrons. The molecule has 0 atom stereocenters. The van der Waals surface area contributed by atoms with Crippen LogP contribution in [-0.2, 0) is 16.0 Å². The molecule has 26 heavy (non-hydrogen) atoms. The van der Waals surface area contributed by atoms with Crippen molar-refractivity contribution in [2.75, 3.05) is 6.54 Å². The highest BCUT2D eigenvalue weighted by Gasteiger charge is 2.11. The van der Waals surface area contributed by atoms with Crippen LogP contribution in [0, 0.1) is 10.1 Å². The monoisotopic (exact) mass is 356 g/mol. The van der Waals surface area contributed by atoms with Gasteiger partial charge in [0, 0.05) is 17.7 Å². The van der Waals surface area contributed by atoms with E-state index in [1.807, 2.05) is 6.07 Å². The van der Waals surface area contributed by atoms with Crippen LogP contribution in [0.5, 0.6) is 0 Å². The van der Waals surface area contributed by atoms with Gasteiger partial charge < -0.3 is 5.32 Å². The molecule has 2 rings (SSSR count). The zero-order valence-electron chi connectivity index (χ0n) is 13.6. The van der Waals surface area contributed by atoms with E-state index >= 15 is 0 Å². The Morgan fingerprint density at radius 2 is 1.50 bits per heavy atom. The van der Waals surface area contributed by atoms with Gasteiger partial charge in [-0.15, -0.1) is 0 Å². The van der Waals surface area contributed by atoms with Gasteiger partial charge in [-0.05, 0) is 17.7 Å². The molecule has 0 aliphatic heterocycles. The molecule has 3 N–H and O–H groups in total. The van der Waals surface area contributed by atoms with Gasteiger partial charge in [-0.2, -0.15) is 0 Å². The molecule has 3 amide bonds. The summed E-state index contributed by atoms with van der Waals surface area (Å²) in [6.07, 6.45) is 0.107. The Morgan fingerprint density at radius 1 is 0.885 bits per heavy atom. The second-order valence-electron chi connectivity index (χ2n) is 5.25. The summed E-state index contributed by atoms with van der Waals surface area (Å²) in [5, 5.41) is 12.9. The third-order valence-electron chi connectivity index (χ3n) is 3.30. The Balaban J connectivity index is 1.73. The lowest BCUT2D eigenvalue weighted by Gasteiger charge is -2.08. The maximum absolute atomic E-state index is 11.9. The van der Waals surface area contributed by atoms with Crippen LogP contribution in [0.2, 0.25) is 0 Å². The SMILES string of the molecule is O=C(CNC(=O)c1ccc([N+](=O)[O-])cc1)NNC(=O)Cc1ccccc1. The molecule has 2 aromatic rings. The van der Waals surface area contributed by atoms with Gasteiger partial charge in [0.1, 0.15) is 0 Å². The predicted molar refractivity (Wildman–Crippen MR) is 91.9 cm³/mol. The van der Waals surface area contributed by atoms with Crippen molar-refractivity contribution in [1.82, 2.24) is 16.2 Å². The first-order valence-corrected chi connectivity index (χ1v) is 7.60. The van der Waals surface area contributed by atoms with Crippen LogP contribution in [0.3, 0.4) is 0 Å². The Morgan fingerprint density at radius 3 is 2.12 bits per heavy atom. The van der Waals surface area contributed by atoms with Gasteiger partial charge in [0.05, 0.1) is 17.9 Å². The van der Waals surface area contributed by atoms with Crippen molar-refractivity contribution < 1.29 is 19.3 Å². The zero-order valence-corrected chi connectivity index (χ0v) is 13.6. The van der Waals surface area contributed by atoms with Gasteiger partial charge in [0.2, 0.25) is 5.91 Å². The van der Waals surface area contributed by atoms with E-state index in [-0.39, 0.29) is 24.2 Å². The topological polar surface area (TPSA) is 130 Å². The second kappa shape index (κ2) is 8.92.